The van der Waals surface area contributed by atoms with Crippen LogP contribution >= 0.6 is 11.6 Å². The minimum atomic E-state index is -1.08. The van der Waals surface area contributed by atoms with E-state index in [0.29, 0.717) is 5.69 Å². The van der Waals surface area contributed by atoms with Crippen molar-refractivity contribution in [2.24, 2.45) is 11.8 Å². The van der Waals surface area contributed by atoms with Crippen LogP contribution in [0.25, 0.3) is 0 Å². The second-order valence-electron chi connectivity index (χ2n) is 4.96. The Labute approximate surface area is 124 Å². The molecule has 7 heteroatoms. The van der Waals surface area contributed by atoms with Crippen LogP contribution < -0.4 is 5.32 Å². The standard InChI is InChI=1S/C14H11ClFNO4/c15-7-5-6(1-2-8(7)16)17-13(18)11-9-3-4-10(21-9)12(11)14(19)20/h1-5,9-12H,(H,17,18)(H,19,20)/t9-,10+,11-,12+/m1/s1. The Morgan fingerprint density at radius 2 is 1.90 bits per heavy atom. The summed E-state index contributed by atoms with van der Waals surface area (Å²) in [6.07, 6.45) is 2.21. The maximum atomic E-state index is 13.1. The molecular formula is C14H11ClFNO4. The molecule has 1 fully saturated rings. The first kappa shape index (κ1) is 14.0. The third-order valence-electron chi connectivity index (χ3n) is 3.67. The SMILES string of the molecule is O=C(O)[C@@H]1[C@H](C(=O)Nc2ccc(F)c(Cl)c2)[C@H]2C=C[C@@H]1O2. The van der Waals surface area contributed by atoms with Crippen molar-refractivity contribution in [1.82, 2.24) is 0 Å². The number of carbonyl (C=O) groups excluding carboxylic acids is 1. The highest BCUT2D eigenvalue weighted by molar-refractivity contribution is 6.31. The second-order valence-corrected chi connectivity index (χ2v) is 5.37. The molecule has 2 bridgehead atoms. The number of carbonyl (C=O) groups is 2. The Morgan fingerprint density at radius 3 is 2.52 bits per heavy atom. The third-order valence-corrected chi connectivity index (χ3v) is 3.96. The van der Waals surface area contributed by atoms with Gasteiger partial charge < -0.3 is 15.2 Å². The van der Waals surface area contributed by atoms with Crippen LogP contribution in [-0.4, -0.2) is 29.2 Å². The quantitative estimate of drug-likeness (QED) is 0.838. The van der Waals surface area contributed by atoms with Gasteiger partial charge in [-0.15, -0.1) is 0 Å². The number of nitrogens with one attached hydrogen (secondary N) is 1. The van der Waals surface area contributed by atoms with E-state index < -0.39 is 41.7 Å². The molecule has 3 rings (SSSR count). The molecule has 0 spiro atoms. The molecule has 110 valence electrons. The Bertz CT molecular complexity index is 648. The molecule has 2 aliphatic heterocycles. The van der Waals surface area contributed by atoms with Gasteiger partial charge in [-0.2, -0.15) is 0 Å². The summed E-state index contributed by atoms with van der Waals surface area (Å²) in [4.78, 5) is 23.6. The van der Waals surface area contributed by atoms with Crippen LogP contribution in [0.2, 0.25) is 5.02 Å². The number of anilines is 1. The van der Waals surface area contributed by atoms with E-state index in [2.05, 4.69) is 5.32 Å². The van der Waals surface area contributed by atoms with E-state index in [1.165, 1.54) is 12.1 Å². The molecular weight excluding hydrogens is 301 g/mol. The molecule has 0 aliphatic carbocycles. The summed E-state index contributed by atoms with van der Waals surface area (Å²) in [5.41, 5.74) is 0.308. The third kappa shape index (κ3) is 2.41. The zero-order valence-corrected chi connectivity index (χ0v) is 11.4. The Morgan fingerprint density at radius 1 is 1.24 bits per heavy atom. The lowest BCUT2D eigenvalue weighted by molar-refractivity contribution is -0.145. The lowest BCUT2D eigenvalue weighted by atomic mass is 9.82. The van der Waals surface area contributed by atoms with Gasteiger partial charge in [-0.3, -0.25) is 9.59 Å². The van der Waals surface area contributed by atoms with Crippen molar-refractivity contribution >= 4 is 29.2 Å². The first-order valence-electron chi connectivity index (χ1n) is 6.30. The van der Waals surface area contributed by atoms with Gasteiger partial charge in [0.1, 0.15) is 11.7 Å². The number of hydrogen-bond donors (Lipinski definition) is 2. The van der Waals surface area contributed by atoms with E-state index >= 15 is 0 Å². The fourth-order valence-corrected chi connectivity index (χ4v) is 2.90. The van der Waals surface area contributed by atoms with Crippen molar-refractivity contribution in [3.63, 3.8) is 0 Å². The van der Waals surface area contributed by atoms with Gasteiger partial charge in [0.25, 0.3) is 0 Å². The molecule has 2 aliphatic rings. The Balaban J connectivity index is 1.80. The summed E-state index contributed by atoms with van der Waals surface area (Å²) in [7, 11) is 0. The first-order chi connectivity index (χ1) is 9.97. The summed E-state index contributed by atoms with van der Waals surface area (Å²) in [5, 5.41) is 11.7. The minimum absolute atomic E-state index is 0.119. The largest absolute Gasteiger partial charge is 0.481 e. The molecule has 0 unspecified atom stereocenters. The van der Waals surface area contributed by atoms with Crippen molar-refractivity contribution in [2.75, 3.05) is 5.32 Å². The van der Waals surface area contributed by atoms with E-state index in [1.807, 2.05) is 0 Å². The zero-order chi connectivity index (χ0) is 15.1. The van der Waals surface area contributed by atoms with E-state index in [9.17, 15) is 19.1 Å². The number of fused-ring (bicyclic) bond motifs is 2. The molecule has 1 saturated heterocycles. The van der Waals surface area contributed by atoms with E-state index in [-0.39, 0.29) is 5.02 Å². The average Bonchev–Trinajstić information content (AvgIpc) is 3.03. The van der Waals surface area contributed by atoms with Crippen LogP contribution in [0.5, 0.6) is 0 Å². The van der Waals surface area contributed by atoms with E-state index in [1.54, 1.807) is 12.2 Å². The zero-order valence-electron chi connectivity index (χ0n) is 10.6. The molecule has 0 aromatic heterocycles. The highest BCUT2D eigenvalue weighted by Gasteiger charge is 2.53. The van der Waals surface area contributed by atoms with Gasteiger partial charge in [0.2, 0.25) is 5.91 Å². The van der Waals surface area contributed by atoms with Gasteiger partial charge in [-0.1, -0.05) is 23.8 Å². The Kier molecular flexibility index (Phi) is 3.43. The summed E-state index contributed by atoms with van der Waals surface area (Å²) >= 11 is 5.64. The molecule has 0 saturated carbocycles. The fourth-order valence-electron chi connectivity index (χ4n) is 2.71. The number of carboxylic acids is 1. The van der Waals surface area contributed by atoms with Gasteiger partial charge in [-0.05, 0) is 18.2 Å². The van der Waals surface area contributed by atoms with Gasteiger partial charge in [-0.25, -0.2) is 4.39 Å². The maximum absolute atomic E-state index is 13.1. The van der Waals surface area contributed by atoms with Crippen LogP contribution in [0.1, 0.15) is 0 Å². The monoisotopic (exact) mass is 311 g/mol. The van der Waals surface area contributed by atoms with E-state index in [0.717, 1.165) is 6.07 Å². The summed E-state index contributed by atoms with van der Waals surface area (Å²) in [6.45, 7) is 0. The fraction of sp³-hybridized carbons (Fsp3) is 0.286. The van der Waals surface area contributed by atoms with E-state index in [4.69, 9.17) is 16.3 Å². The summed E-state index contributed by atoms with van der Waals surface area (Å²) in [6, 6.07) is 3.76. The van der Waals surface area contributed by atoms with Crippen molar-refractivity contribution in [2.45, 2.75) is 12.2 Å². The highest BCUT2D eigenvalue weighted by Crippen LogP contribution is 2.39. The molecule has 2 heterocycles. The molecule has 1 amide bonds. The van der Waals surface area contributed by atoms with Gasteiger partial charge in [0, 0.05) is 5.69 Å². The van der Waals surface area contributed by atoms with Gasteiger partial charge in [0.15, 0.2) is 0 Å². The van der Waals surface area contributed by atoms with Crippen LogP contribution in [0, 0.1) is 17.7 Å². The lowest BCUT2D eigenvalue weighted by Gasteiger charge is -2.21. The topological polar surface area (TPSA) is 75.6 Å². The molecule has 5 nitrogen and oxygen atoms in total. The van der Waals surface area contributed by atoms with Crippen LogP contribution in [0.3, 0.4) is 0 Å². The average molecular weight is 312 g/mol. The maximum Gasteiger partial charge on any atom is 0.310 e. The number of rotatable bonds is 3. The summed E-state index contributed by atoms with van der Waals surface area (Å²) in [5.74, 6) is -3.90. The number of amides is 1. The minimum Gasteiger partial charge on any atom is -0.481 e. The van der Waals surface area contributed by atoms with Gasteiger partial charge >= 0.3 is 5.97 Å². The van der Waals surface area contributed by atoms with Crippen molar-refractivity contribution in [3.05, 3.63) is 41.2 Å². The van der Waals surface area contributed by atoms with Crippen LogP contribution in [-0.2, 0) is 14.3 Å². The number of ether oxygens (including phenoxy) is 1. The summed E-state index contributed by atoms with van der Waals surface area (Å²) < 4.78 is 18.5. The molecule has 21 heavy (non-hydrogen) atoms. The van der Waals surface area contributed by atoms with Crippen molar-refractivity contribution in [1.29, 1.82) is 0 Å². The Hall–Kier alpha value is -1.92. The predicted molar refractivity (Wildman–Crippen MR) is 72.5 cm³/mol. The molecule has 1 aromatic carbocycles. The van der Waals surface area contributed by atoms with Crippen LogP contribution in [0.4, 0.5) is 10.1 Å². The second kappa shape index (κ2) is 5.13. The smallest absolute Gasteiger partial charge is 0.310 e. The first-order valence-corrected chi connectivity index (χ1v) is 6.67. The lowest BCUT2D eigenvalue weighted by Crippen LogP contribution is -2.39. The van der Waals surface area contributed by atoms with Crippen molar-refractivity contribution in [3.8, 4) is 0 Å². The normalized spacial score (nSPS) is 29.6. The number of carboxylic acid groups (broad SMARTS) is 1. The number of aliphatic carboxylic acids is 1. The predicted octanol–water partition coefficient (Wildman–Crippen LogP) is 2.07. The van der Waals surface area contributed by atoms with Gasteiger partial charge in [0.05, 0.1) is 23.1 Å². The molecule has 0 radical (unpaired) electrons. The number of benzene rings is 1. The molecule has 4 atom stereocenters. The van der Waals surface area contributed by atoms with Crippen molar-refractivity contribution < 1.29 is 23.8 Å². The van der Waals surface area contributed by atoms with Crippen LogP contribution in [0.15, 0.2) is 30.4 Å². The highest BCUT2D eigenvalue weighted by atomic mass is 35.5. The molecule has 1 aromatic rings. The molecule has 2 N–H and O–H groups in total. The number of halogens is 2. The number of hydrogen-bond acceptors (Lipinski definition) is 3.